The summed E-state index contributed by atoms with van der Waals surface area (Å²) in [6, 6.07) is 0. The van der Waals surface area contributed by atoms with Crippen LogP contribution in [0.5, 0.6) is 0 Å². The zero-order valence-electron chi connectivity index (χ0n) is 4.11. The number of aliphatic carboxylic acids is 1. The SMILES string of the molecule is O=C(O)C1C=CN=C1. The van der Waals surface area contributed by atoms with E-state index in [-0.39, 0.29) is 0 Å². The van der Waals surface area contributed by atoms with Gasteiger partial charge in [0.15, 0.2) is 0 Å². The maximum atomic E-state index is 10.1. The average molecular weight is 111 g/mol. The van der Waals surface area contributed by atoms with Crippen LogP contribution in [0.3, 0.4) is 0 Å². The third-order valence-electron chi connectivity index (χ3n) is 0.911. The van der Waals surface area contributed by atoms with Gasteiger partial charge >= 0.3 is 5.97 Å². The molecular weight excluding hydrogens is 106 g/mol. The molecule has 3 heteroatoms. The molecular formula is C5H5NO2. The maximum Gasteiger partial charge on any atom is 0.315 e. The number of rotatable bonds is 1. The molecule has 1 N–H and O–H groups in total. The highest BCUT2D eigenvalue weighted by atomic mass is 16.4. The molecule has 1 heterocycles. The first-order valence-corrected chi connectivity index (χ1v) is 2.23. The van der Waals surface area contributed by atoms with E-state index in [0.29, 0.717) is 0 Å². The molecule has 0 fully saturated rings. The zero-order valence-corrected chi connectivity index (χ0v) is 4.11. The molecule has 0 saturated carbocycles. The summed E-state index contributed by atoms with van der Waals surface area (Å²) in [5.41, 5.74) is 0. The Hall–Kier alpha value is -1.12. The first kappa shape index (κ1) is 5.03. The Labute approximate surface area is 46.4 Å². The van der Waals surface area contributed by atoms with Crippen molar-refractivity contribution in [1.29, 1.82) is 0 Å². The van der Waals surface area contributed by atoms with Gasteiger partial charge in [0, 0.05) is 12.4 Å². The van der Waals surface area contributed by atoms with Crippen molar-refractivity contribution in [2.24, 2.45) is 10.9 Å². The van der Waals surface area contributed by atoms with Crippen molar-refractivity contribution in [3.63, 3.8) is 0 Å². The van der Waals surface area contributed by atoms with Crippen molar-refractivity contribution < 1.29 is 9.90 Å². The van der Waals surface area contributed by atoms with Gasteiger partial charge in [0.25, 0.3) is 0 Å². The van der Waals surface area contributed by atoms with Crippen molar-refractivity contribution in [1.82, 2.24) is 0 Å². The van der Waals surface area contributed by atoms with Crippen LogP contribution >= 0.6 is 0 Å². The number of aliphatic imine (C=N–C) groups is 1. The molecule has 1 atom stereocenters. The second-order valence-corrected chi connectivity index (χ2v) is 1.50. The molecule has 0 saturated heterocycles. The third-order valence-corrected chi connectivity index (χ3v) is 0.911. The fourth-order valence-electron chi connectivity index (χ4n) is 0.481. The van der Waals surface area contributed by atoms with Crippen LogP contribution in [0.25, 0.3) is 0 Å². The Morgan fingerprint density at radius 3 is 2.75 bits per heavy atom. The molecule has 0 radical (unpaired) electrons. The predicted octanol–water partition coefficient (Wildman–Crippen LogP) is 0.285. The van der Waals surface area contributed by atoms with E-state index in [1.807, 2.05) is 0 Å². The quantitative estimate of drug-likeness (QED) is 0.528. The monoisotopic (exact) mass is 111 g/mol. The second kappa shape index (κ2) is 1.78. The van der Waals surface area contributed by atoms with Gasteiger partial charge in [-0.15, -0.1) is 0 Å². The van der Waals surface area contributed by atoms with E-state index in [9.17, 15) is 4.79 Å². The second-order valence-electron chi connectivity index (χ2n) is 1.50. The van der Waals surface area contributed by atoms with Gasteiger partial charge in [-0.25, -0.2) is 0 Å². The summed E-state index contributed by atoms with van der Waals surface area (Å²) >= 11 is 0. The normalized spacial score (nSPS) is 24.2. The molecule has 0 amide bonds. The van der Waals surface area contributed by atoms with E-state index in [2.05, 4.69) is 4.99 Å². The van der Waals surface area contributed by atoms with E-state index in [4.69, 9.17) is 5.11 Å². The van der Waals surface area contributed by atoms with E-state index in [0.717, 1.165) is 0 Å². The van der Waals surface area contributed by atoms with Gasteiger partial charge in [-0.3, -0.25) is 9.79 Å². The molecule has 0 bridgehead atoms. The number of hydrogen-bond donors (Lipinski definition) is 1. The van der Waals surface area contributed by atoms with Gasteiger partial charge in [0.1, 0.15) is 5.92 Å². The van der Waals surface area contributed by atoms with Gasteiger partial charge in [-0.05, 0) is 6.08 Å². The topological polar surface area (TPSA) is 49.7 Å². The standard InChI is InChI=1S/C5H5NO2/c7-5(8)4-1-2-6-3-4/h1-4H,(H,7,8). The molecule has 0 aromatic heterocycles. The Bertz CT molecular complexity index is 148. The lowest BCUT2D eigenvalue weighted by Crippen LogP contribution is -2.09. The molecule has 1 unspecified atom stereocenters. The van der Waals surface area contributed by atoms with Crippen molar-refractivity contribution in [3.8, 4) is 0 Å². The molecule has 1 aliphatic rings. The van der Waals surface area contributed by atoms with Crippen molar-refractivity contribution in [3.05, 3.63) is 12.3 Å². The first-order chi connectivity index (χ1) is 3.80. The average Bonchev–Trinajstić information content (AvgIpc) is 2.12. The summed E-state index contributed by atoms with van der Waals surface area (Å²) in [6.45, 7) is 0. The van der Waals surface area contributed by atoms with Crippen LogP contribution in [0, 0.1) is 5.92 Å². The van der Waals surface area contributed by atoms with Gasteiger partial charge in [-0.2, -0.15) is 0 Å². The lowest BCUT2D eigenvalue weighted by atomic mass is 10.2. The fourth-order valence-corrected chi connectivity index (χ4v) is 0.481. The Balaban J connectivity index is 2.62. The number of carbonyl (C=O) groups is 1. The highest BCUT2D eigenvalue weighted by molar-refractivity contribution is 5.92. The maximum absolute atomic E-state index is 10.1. The van der Waals surface area contributed by atoms with Crippen LogP contribution in [-0.2, 0) is 4.79 Å². The van der Waals surface area contributed by atoms with E-state index < -0.39 is 11.9 Å². The largest absolute Gasteiger partial charge is 0.481 e. The molecule has 8 heavy (non-hydrogen) atoms. The van der Waals surface area contributed by atoms with Gasteiger partial charge < -0.3 is 5.11 Å². The Morgan fingerprint density at radius 2 is 2.50 bits per heavy atom. The van der Waals surface area contributed by atoms with Gasteiger partial charge in [-0.1, -0.05) is 0 Å². The molecule has 1 rings (SSSR count). The van der Waals surface area contributed by atoms with E-state index in [1.165, 1.54) is 18.5 Å². The summed E-state index contributed by atoms with van der Waals surface area (Å²) in [5.74, 6) is -1.34. The number of hydrogen-bond acceptors (Lipinski definition) is 2. The summed E-state index contributed by atoms with van der Waals surface area (Å²) in [4.78, 5) is 13.7. The number of carboxylic acid groups (broad SMARTS) is 1. The van der Waals surface area contributed by atoms with Crippen molar-refractivity contribution in [2.75, 3.05) is 0 Å². The third kappa shape index (κ3) is 0.753. The molecule has 0 aromatic carbocycles. The molecule has 0 spiro atoms. The Kier molecular flexibility index (Phi) is 1.12. The molecule has 1 aliphatic heterocycles. The van der Waals surface area contributed by atoms with Crippen LogP contribution in [0.15, 0.2) is 17.3 Å². The summed E-state index contributed by atoms with van der Waals surface area (Å²) in [5, 5.41) is 8.27. The molecule has 0 aliphatic carbocycles. The van der Waals surface area contributed by atoms with E-state index >= 15 is 0 Å². The lowest BCUT2D eigenvalue weighted by Gasteiger charge is -1.90. The van der Waals surface area contributed by atoms with Crippen LogP contribution in [-0.4, -0.2) is 17.3 Å². The van der Waals surface area contributed by atoms with Crippen molar-refractivity contribution in [2.45, 2.75) is 0 Å². The molecule has 0 aromatic rings. The fraction of sp³-hybridized carbons (Fsp3) is 0.200. The highest BCUT2D eigenvalue weighted by Gasteiger charge is 2.11. The minimum atomic E-state index is -0.845. The van der Waals surface area contributed by atoms with Crippen molar-refractivity contribution >= 4 is 12.2 Å². The lowest BCUT2D eigenvalue weighted by molar-refractivity contribution is -0.137. The molecule has 42 valence electrons. The van der Waals surface area contributed by atoms with Crippen LogP contribution in [0.2, 0.25) is 0 Å². The van der Waals surface area contributed by atoms with Crippen LogP contribution < -0.4 is 0 Å². The minimum Gasteiger partial charge on any atom is -0.481 e. The van der Waals surface area contributed by atoms with Gasteiger partial charge in [0.2, 0.25) is 0 Å². The van der Waals surface area contributed by atoms with Crippen LogP contribution in [0.1, 0.15) is 0 Å². The zero-order chi connectivity index (χ0) is 5.98. The first-order valence-electron chi connectivity index (χ1n) is 2.23. The van der Waals surface area contributed by atoms with Gasteiger partial charge in [0.05, 0.1) is 0 Å². The summed E-state index contributed by atoms with van der Waals surface area (Å²) in [6.07, 6.45) is 4.41. The highest BCUT2D eigenvalue weighted by Crippen LogP contribution is 2.01. The number of nitrogens with zero attached hydrogens (tertiary/aromatic N) is 1. The smallest absolute Gasteiger partial charge is 0.315 e. The van der Waals surface area contributed by atoms with E-state index in [1.54, 1.807) is 0 Å². The summed E-state index contributed by atoms with van der Waals surface area (Å²) in [7, 11) is 0. The summed E-state index contributed by atoms with van der Waals surface area (Å²) < 4.78 is 0. The minimum absolute atomic E-state index is 0.491. The molecule has 3 nitrogen and oxygen atoms in total. The Morgan fingerprint density at radius 1 is 1.75 bits per heavy atom. The predicted molar refractivity (Wildman–Crippen MR) is 28.8 cm³/mol. The number of carboxylic acids is 1. The van der Waals surface area contributed by atoms with Crippen LogP contribution in [0.4, 0.5) is 0 Å².